The molecule has 0 saturated carbocycles. The van der Waals surface area contributed by atoms with Crippen LogP contribution in [0.5, 0.6) is 0 Å². The molecule has 0 aliphatic heterocycles. The number of aromatic nitrogens is 1. The summed E-state index contributed by atoms with van der Waals surface area (Å²) in [5, 5.41) is 9.65. The van der Waals surface area contributed by atoms with E-state index in [4.69, 9.17) is 0 Å². The van der Waals surface area contributed by atoms with Crippen molar-refractivity contribution in [3.05, 3.63) is 16.6 Å². The zero-order valence-corrected chi connectivity index (χ0v) is 17.5. The molecule has 1 aromatic heterocycles. The summed E-state index contributed by atoms with van der Waals surface area (Å²) in [4.78, 5) is 21.9. The van der Waals surface area contributed by atoms with Crippen LogP contribution in [0.4, 0.5) is 0 Å². The van der Waals surface area contributed by atoms with Crippen molar-refractivity contribution >= 4 is 47.2 Å². The van der Waals surface area contributed by atoms with Gasteiger partial charge in [0.05, 0.1) is 5.01 Å². The first kappa shape index (κ1) is 22.1. The van der Waals surface area contributed by atoms with Crippen LogP contribution in [0.15, 0.2) is 16.6 Å². The first-order valence-electron chi connectivity index (χ1n) is 7.66. The third kappa shape index (κ3) is 9.09. The topological polar surface area (TPSA) is 69.6 Å². The van der Waals surface area contributed by atoms with E-state index in [9.17, 15) is 4.79 Å². The minimum atomic E-state index is -0.00966. The molecule has 1 amide bonds. The van der Waals surface area contributed by atoms with Gasteiger partial charge >= 0.3 is 0 Å². The number of carbonyl (C=O) groups is 1. The van der Waals surface area contributed by atoms with Crippen molar-refractivity contribution in [1.29, 1.82) is 0 Å². The van der Waals surface area contributed by atoms with Gasteiger partial charge in [-0.15, -0.1) is 35.3 Å². The number of carbonyl (C=O) groups excluding carboxylic acids is 1. The molecule has 132 valence electrons. The average Bonchev–Trinajstić information content (AvgIpc) is 3.03. The second-order valence-electron chi connectivity index (χ2n) is 5.39. The molecule has 2 N–H and O–H groups in total. The van der Waals surface area contributed by atoms with Gasteiger partial charge in [0.2, 0.25) is 5.91 Å². The Kier molecular flexibility index (Phi) is 12.0. The number of hydrogen-bond donors (Lipinski definition) is 2. The van der Waals surface area contributed by atoms with Gasteiger partial charge in [-0.2, -0.15) is 0 Å². The maximum absolute atomic E-state index is 11.7. The SMILES string of the molecule is CCCCNC(=NCC(=O)N(C)C)NCC(C)c1nccs1.I. The lowest BCUT2D eigenvalue weighted by molar-refractivity contribution is -0.127. The lowest BCUT2D eigenvalue weighted by Gasteiger charge is -2.15. The van der Waals surface area contributed by atoms with E-state index in [1.807, 2.05) is 11.6 Å². The van der Waals surface area contributed by atoms with E-state index in [1.165, 1.54) is 0 Å². The van der Waals surface area contributed by atoms with Crippen LogP contribution in [0.1, 0.15) is 37.6 Å². The number of hydrogen-bond acceptors (Lipinski definition) is 4. The second kappa shape index (κ2) is 12.5. The molecule has 6 nitrogen and oxygen atoms in total. The number of rotatable bonds is 8. The Morgan fingerprint density at radius 1 is 1.43 bits per heavy atom. The van der Waals surface area contributed by atoms with E-state index in [0.29, 0.717) is 11.9 Å². The van der Waals surface area contributed by atoms with E-state index >= 15 is 0 Å². The third-order valence-corrected chi connectivity index (χ3v) is 4.15. The van der Waals surface area contributed by atoms with Crippen molar-refractivity contribution < 1.29 is 4.79 Å². The summed E-state index contributed by atoms with van der Waals surface area (Å²) in [7, 11) is 3.47. The highest BCUT2D eigenvalue weighted by Crippen LogP contribution is 2.16. The first-order chi connectivity index (χ1) is 10.5. The summed E-state index contributed by atoms with van der Waals surface area (Å²) >= 11 is 1.65. The van der Waals surface area contributed by atoms with Crippen LogP contribution in [-0.4, -0.2) is 55.5 Å². The summed E-state index contributed by atoms with van der Waals surface area (Å²) in [6.07, 6.45) is 4.01. The number of unbranched alkanes of at least 4 members (excludes halogenated alkanes) is 1. The minimum absolute atomic E-state index is 0. The number of nitrogens with one attached hydrogen (secondary N) is 2. The fourth-order valence-electron chi connectivity index (χ4n) is 1.66. The monoisotopic (exact) mass is 453 g/mol. The summed E-state index contributed by atoms with van der Waals surface area (Å²) < 4.78 is 0. The van der Waals surface area contributed by atoms with Crippen molar-refractivity contribution in [3.63, 3.8) is 0 Å². The quantitative estimate of drug-likeness (QED) is 0.274. The molecule has 0 aliphatic rings. The molecular formula is C15H28IN5OS. The molecule has 1 unspecified atom stereocenters. The van der Waals surface area contributed by atoms with Crippen LogP contribution in [0.3, 0.4) is 0 Å². The van der Waals surface area contributed by atoms with Gasteiger partial charge < -0.3 is 15.5 Å². The van der Waals surface area contributed by atoms with E-state index in [2.05, 4.69) is 34.5 Å². The molecule has 0 radical (unpaired) electrons. The zero-order chi connectivity index (χ0) is 16.4. The summed E-state index contributed by atoms with van der Waals surface area (Å²) in [6, 6.07) is 0. The maximum atomic E-state index is 11.7. The van der Waals surface area contributed by atoms with Crippen molar-refractivity contribution in [3.8, 4) is 0 Å². The molecule has 0 aliphatic carbocycles. The van der Waals surface area contributed by atoms with Crippen LogP contribution in [0, 0.1) is 0 Å². The van der Waals surface area contributed by atoms with Crippen LogP contribution < -0.4 is 10.6 Å². The zero-order valence-electron chi connectivity index (χ0n) is 14.3. The highest BCUT2D eigenvalue weighted by atomic mass is 127. The smallest absolute Gasteiger partial charge is 0.243 e. The Bertz CT molecular complexity index is 464. The van der Waals surface area contributed by atoms with Gasteiger partial charge in [0.25, 0.3) is 0 Å². The maximum Gasteiger partial charge on any atom is 0.243 e. The molecule has 1 atom stereocenters. The minimum Gasteiger partial charge on any atom is -0.356 e. The predicted molar refractivity (Wildman–Crippen MR) is 108 cm³/mol. The molecule has 1 aromatic rings. The molecule has 23 heavy (non-hydrogen) atoms. The molecule has 0 saturated heterocycles. The van der Waals surface area contributed by atoms with Gasteiger partial charge in [0.1, 0.15) is 6.54 Å². The van der Waals surface area contributed by atoms with E-state index in [0.717, 1.165) is 30.9 Å². The number of guanidine groups is 1. The lowest BCUT2D eigenvalue weighted by atomic mass is 10.2. The number of thiazole rings is 1. The molecule has 1 rings (SSSR count). The van der Waals surface area contributed by atoms with Crippen molar-refractivity contribution in [1.82, 2.24) is 20.5 Å². The third-order valence-electron chi connectivity index (χ3n) is 3.14. The first-order valence-corrected chi connectivity index (χ1v) is 8.54. The molecule has 0 bridgehead atoms. The molecule has 0 spiro atoms. The number of likely N-dealkylation sites (N-methyl/N-ethyl adjacent to an activating group) is 1. The van der Waals surface area contributed by atoms with Crippen molar-refractivity contribution in [2.45, 2.75) is 32.6 Å². The summed E-state index contributed by atoms with van der Waals surface area (Å²) in [5.74, 6) is 0.986. The van der Waals surface area contributed by atoms with Crippen LogP contribution >= 0.6 is 35.3 Å². The Morgan fingerprint density at radius 3 is 2.74 bits per heavy atom. The lowest BCUT2D eigenvalue weighted by Crippen LogP contribution is -2.40. The second-order valence-corrected chi connectivity index (χ2v) is 6.31. The Labute approximate surface area is 160 Å². The normalized spacial score (nSPS) is 12.3. The fourth-order valence-corrected chi connectivity index (χ4v) is 2.36. The number of halogens is 1. The molecule has 0 fully saturated rings. The van der Waals surface area contributed by atoms with Crippen LogP contribution in [0.25, 0.3) is 0 Å². The number of aliphatic imine (C=N–C) groups is 1. The predicted octanol–water partition coefficient (Wildman–Crippen LogP) is 2.29. The van der Waals surface area contributed by atoms with Gasteiger partial charge in [0, 0.05) is 44.7 Å². The van der Waals surface area contributed by atoms with Crippen LogP contribution in [0.2, 0.25) is 0 Å². The number of amides is 1. The van der Waals surface area contributed by atoms with Gasteiger partial charge in [0.15, 0.2) is 5.96 Å². The molecule has 1 heterocycles. The van der Waals surface area contributed by atoms with Crippen LogP contribution in [-0.2, 0) is 4.79 Å². The fraction of sp³-hybridized carbons (Fsp3) is 0.667. The highest BCUT2D eigenvalue weighted by Gasteiger charge is 2.10. The largest absolute Gasteiger partial charge is 0.356 e. The van der Waals surface area contributed by atoms with Gasteiger partial charge in [-0.1, -0.05) is 20.3 Å². The highest BCUT2D eigenvalue weighted by molar-refractivity contribution is 14.0. The average molecular weight is 453 g/mol. The summed E-state index contributed by atoms with van der Waals surface area (Å²) in [5.41, 5.74) is 0. The number of nitrogens with zero attached hydrogens (tertiary/aromatic N) is 3. The molecule has 8 heteroatoms. The molecular weight excluding hydrogens is 425 g/mol. The van der Waals surface area contributed by atoms with Gasteiger partial charge in [-0.3, -0.25) is 4.79 Å². The Morgan fingerprint density at radius 2 is 2.17 bits per heavy atom. The van der Waals surface area contributed by atoms with E-state index in [1.54, 1.807) is 30.3 Å². The van der Waals surface area contributed by atoms with E-state index < -0.39 is 0 Å². The molecule has 0 aromatic carbocycles. The standard InChI is InChI=1S/C15H27N5OS.HI/c1-5-6-7-17-15(19-11-13(21)20(3)4)18-10-12(2)14-16-8-9-22-14;/h8-9,12H,5-7,10-11H2,1-4H3,(H2,17,18,19);1H. The Hall–Kier alpha value is -0.900. The van der Waals surface area contributed by atoms with Gasteiger partial charge in [-0.25, -0.2) is 9.98 Å². The van der Waals surface area contributed by atoms with E-state index in [-0.39, 0.29) is 36.4 Å². The van der Waals surface area contributed by atoms with Crippen molar-refractivity contribution in [2.75, 3.05) is 33.7 Å². The van der Waals surface area contributed by atoms with Gasteiger partial charge in [-0.05, 0) is 6.42 Å². The van der Waals surface area contributed by atoms with Crippen molar-refractivity contribution in [2.24, 2.45) is 4.99 Å². The summed E-state index contributed by atoms with van der Waals surface area (Å²) in [6.45, 7) is 6.01. The Balaban J connectivity index is 0.00000484.